The van der Waals surface area contributed by atoms with Crippen LogP contribution in [0.2, 0.25) is 0 Å². The normalized spacial score (nSPS) is 14.6. The van der Waals surface area contributed by atoms with Crippen LogP contribution < -0.4 is 9.47 Å². The lowest BCUT2D eigenvalue weighted by atomic mass is 9.74. The zero-order chi connectivity index (χ0) is 39.6. The molecule has 0 fully saturated rings. The Morgan fingerprint density at radius 1 is 0.339 bits per heavy atom. The van der Waals surface area contributed by atoms with Crippen LogP contribution in [0.15, 0.2) is 174 Å². The minimum atomic E-state index is -0.245. The van der Waals surface area contributed by atoms with Crippen molar-refractivity contribution in [2.75, 3.05) is 0 Å². The second kappa shape index (κ2) is 12.2. The molecule has 282 valence electrons. The van der Waals surface area contributed by atoms with Gasteiger partial charge in [-0.15, -0.1) is 0 Å². The Bertz CT molecular complexity index is 3230. The van der Waals surface area contributed by atoms with E-state index < -0.39 is 0 Å². The molecule has 9 aromatic carbocycles. The molecule has 0 N–H and O–H groups in total. The van der Waals surface area contributed by atoms with Crippen molar-refractivity contribution in [2.24, 2.45) is 0 Å². The largest absolute Gasteiger partial charge is 0.456 e. The smallest absolute Gasteiger partial charge is 0.143 e. The molecule has 3 heterocycles. The first-order chi connectivity index (χ1) is 28.8. The van der Waals surface area contributed by atoms with Gasteiger partial charge < -0.3 is 13.9 Å². The van der Waals surface area contributed by atoms with Gasteiger partial charge in [-0.2, -0.15) is 0 Å². The summed E-state index contributed by atoms with van der Waals surface area (Å²) >= 11 is 0. The highest BCUT2D eigenvalue weighted by atomic mass is 16.5. The zero-order valence-corrected chi connectivity index (χ0v) is 33.4. The summed E-state index contributed by atoms with van der Waals surface area (Å²) in [7, 11) is 0. The molecule has 0 saturated carbocycles. The lowest BCUT2D eigenvalue weighted by Crippen LogP contribution is -2.24. The van der Waals surface area contributed by atoms with Gasteiger partial charge in [-0.05, 0) is 56.9 Å². The molecule has 10 aromatic rings. The monoisotopic (exact) mass is 760 g/mol. The third-order valence-electron chi connectivity index (χ3n) is 13.2. The van der Waals surface area contributed by atoms with E-state index in [1.54, 1.807) is 0 Å². The molecule has 0 saturated heterocycles. The third-order valence-corrected chi connectivity index (χ3v) is 13.2. The first-order valence-corrected chi connectivity index (χ1v) is 20.5. The van der Waals surface area contributed by atoms with Crippen LogP contribution in [-0.2, 0) is 10.8 Å². The Morgan fingerprint density at radius 3 is 1.34 bits per heavy atom. The van der Waals surface area contributed by atoms with Crippen molar-refractivity contribution in [3.05, 3.63) is 192 Å². The van der Waals surface area contributed by atoms with Crippen LogP contribution in [0.4, 0.5) is 0 Å². The van der Waals surface area contributed by atoms with Crippen LogP contribution in [0.5, 0.6) is 23.0 Å². The maximum atomic E-state index is 6.91. The highest BCUT2D eigenvalue weighted by Crippen LogP contribution is 2.55. The van der Waals surface area contributed by atoms with Crippen molar-refractivity contribution in [3.8, 4) is 56.4 Å². The summed E-state index contributed by atoms with van der Waals surface area (Å²) < 4.78 is 20.6. The van der Waals surface area contributed by atoms with Crippen molar-refractivity contribution in [1.82, 2.24) is 0 Å². The van der Waals surface area contributed by atoms with E-state index in [9.17, 15) is 0 Å². The van der Waals surface area contributed by atoms with Crippen LogP contribution in [0.25, 0.3) is 76.9 Å². The van der Waals surface area contributed by atoms with Gasteiger partial charge in [0.2, 0.25) is 0 Å². The molecule has 0 bridgehead atoms. The molecule has 0 amide bonds. The van der Waals surface area contributed by atoms with Gasteiger partial charge in [0.05, 0.1) is 0 Å². The molecule has 0 radical (unpaired) electrons. The molecule has 3 nitrogen and oxygen atoms in total. The Kier molecular flexibility index (Phi) is 7.03. The average molecular weight is 761 g/mol. The fourth-order valence-corrected chi connectivity index (χ4v) is 10.2. The van der Waals surface area contributed by atoms with Crippen molar-refractivity contribution in [2.45, 2.75) is 38.5 Å². The maximum absolute atomic E-state index is 6.91. The predicted octanol–water partition coefficient (Wildman–Crippen LogP) is 15.8. The van der Waals surface area contributed by atoms with Crippen LogP contribution in [0, 0.1) is 0 Å². The second-order valence-electron chi connectivity index (χ2n) is 17.1. The number of ether oxygens (including phenoxy) is 2. The fourth-order valence-electron chi connectivity index (χ4n) is 10.2. The topological polar surface area (TPSA) is 31.6 Å². The van der Waals surface area contributed by atoms with Crippen molar-refractivity contribution >= 4 is 43.5 Å². The van der Waals surface area contributed by atoms with Gasteiger partial charge in [-0.1, -0.05) is 173 Å². The summed E-state index contributed by atoms with van der Waals surface area (Å²) in [6.45, 7) is 9.20. The molecule has 0 spiro atoms. The van der Waals surface area contributed by atoms with Gasteiger partial charge in [-0.3, -0.25) is 0 Å². The first kappa shape index (κ1) is 34.0. The van der Waals surface area contributed by atoms with Crippen LogP contribution in [-0.4, -0.2) is 0 Å². The Labute approximate surface area is 343 Å². The standard InChI is InChI=1S/C56H40O3/c1-55(2)44-25-6-9-30-49(44)58-53-38(22-14-27-46(53)55)33-17-11-19-36-42(33)32-43-34(39-23-15-28-47-54(39)59-50-31-10-7-26-45(50)56(47,3)4)18-12-20-37(43)51(36)41-24-13-21-40-35-16-5-8-29-48(35)57-52(40)41/h5-32H,1-4H3. The van der Waals surface area contributed by atoms with E-state index in [4.69, 9.17) is 13.9 Å². The van der Waals surface area contributed by atoms with E-state index in [2.05, 4.69) is 191 Å². The number of para-hydroxylation sites is 6. The number of benzene rings is 9. The van der Waals surface area contributed by atoms with Gasteiger partial charge in [0.15, 0.2) is 0 Å². The number of rotatable bonds is 3. The molecule has 0 unspecified atom stereocenters. The molecule has 59 heavy (non-hydrogen) atoms. The fraction of sp³-hybridized carbons (Fsp3) is 0.107. The summed E-state index contributed by atoms with van der Waals surface area (Å²) in [6.07, 6.45) is 0. The van der Waals surface area contributed by atoms with Gasteiger partial charge >= 0.3 is 0 Å². The van der Waals surface area contributed by atoms with Gasteiger partial charge in [0, 0.05) is 66.1 Å². The third kappa shape index (κ3) is 4.76. The van der Waals surface area contributed by atoms with Crippen LogP contribution >= 0.6 is 0 Å². The van der Waals surface area contributed by atoms with E-state index in [1.165, 1.54) is 22.3 Å². The van der Waals surface area contributed by atoms with Crippen molar-refractivity contribution in [1.29, 1.82) is 0 Å². The minimum Gasteiger partial charge on any atom is -0.456 e. The van der Waals surface area contributed by atoms with E-state index >= 15 is 0 Å². The summed E-state index contributed by atoms with van der Waals surface area (Å²) in [6, 6.07) is 60.9. The Hall–Kier alpha value is -7.10. The molecular weight excluding hydrogens is 721 g/mol. The summed E-state index contributed by atoms with van der Waals surface area (Å²) in [5.74, 6) is 3.62. The number of hydrogen-bond acceptors (Lipinski definition) is 3. The van der Waals surface area contributed by atoms with E-state index in [-0.39, 0.29) is 10.8 Å². The SMILES string of the molecule is CC1(C)c2ccccc2Oc2c(-c3cccc4c(-c5cccc6c5oc5ccccc56)c5cccc(-c6cccc7c6Oc6ccccc6C7(C)C)c5cc34)cccc21. The molecule has 2 aliphatic rings. The zero-order valence-electron chi connectivity index (χ0n) is 33.4. The molecule has 2 aliphatic heterocycles. The van der Waals surface area contributed by atoms with Gasteiger partial charge in [0.1, 0.15) is 34.2 Å². The lowest BCUT2D eigenvalue weighted by molar-refractivity contribution is 0.419. The number of fused-ring (bicyclic) bond motifs is 9. The Morgan fingerprint density at radius 2 is 0.763 bits per heavy atom. The van der Waals surface area contributed by atoms with Crippen LogP contribution in [0.3, 0.4) is 0 Å². The first-order valence-electron chi connectivity index (χ1n) is 20.5. The highest BCUT2D eigenvalue weighted by Gasteiger charge is 2.37. The predicted molar refractivity (Wildman–Crippen MR) is 242 cm³/mol. The van der Waals surface area contributed by atoms with Crippen molar-refractivity contribution in [3.63, 3.8) is 0 Å². The molecule has 12 rings (SSSR count). The molecule has 0 atom stereocenters. The molecule has 3 heteroatoms. The van der Waals surface area contributed by atoms with Gasteiger partial charge in [-0.25, -0.2) is 0 Å². The summed E-state index contributed by atoms with van der Waals surface area (Å²) in [5.41, 5.74) is 12.6. The lowest BCUT2D eigenvalue weighted by Gasteiger charge is -2.35. The van der Waals surface area contributed by atoms with E-state index in [1.807, 2.05) is 6.07 Å². The average Bonchev–Trinajstić information content (AvgIpc) is 3.64. The number of furan rings is 1. The van der Waals surface area contributed by atoms with Gasteiger partial charge in [0.25, 0.3) is 0 Å². The van der Waals surface area contributed by atoms with Crippen molar-refractivity contribution < 1.29 is 13.9 Å². The summed E-state index contributed by atoms with van der Waals surface area (Å²) in [5, 5.41) is 6.79. The second-order valence-corrected chi connectivity index (χ2v) is 17.1. The van der Waals surface area contributed by atoms with E-state index in [0.29, 0.717) is 0 Å². The maximum Gasteiger partial charge on any atom is 0.143 e. The quantitative estimate of drug-likeness (QED) is 0.168. The molecule has 1 aromatic heterocycles. The molecule has 0 aliphatic carbocycles. The summed E-state index contributed by atoms with van der Waals surface area (Å²) in [4.78, 5) is 0. The number of hydrogen-bond donors (Lipinski definition) is 0. The highest BCUT2D eigenvalue weighted by molar-refractivity contribution is 6.22. The molecular formula is C56H40O3. The minimum absolute atomic E-state index is 0.245. The van der Waals surface area contributed by atoms with Crippen LogP contribution in [0.1, 0.15) is 49.9 Å². The Balaban J connectivity index is 1.19. The van der Waals surface area contributed by atoms with E-state index in [0.717, 1.165) is 99.9 Å².